The molecule has 0 bridgehead atoms. The van der Waals surface area contributed by atoms with Crippen molar-refractivity contribution in [2.24, 2.45) is 0 Å². The van der Waals surface area contributed by atoms with E-state index >= 15 is 0 Å². The van der Waals surface area contributed by atoms with Crippen molar-refractivity contribution in [3.05, 3.63) is 82.5 Å². The van der Waals surface area contributed by atoms with E-state index in [-0.39, 0.29) is 0 Å². The Balaban J connectivity index is 1.95. The first kappa shape index (κ1) is 9.68. The first-order valence-corrected chi connectivity index (χ1v) is 5.75. The summed E-state index contributed by atoms with van der Waals surface area (Å²) >= 11 is 5.89. The second-order valence-electron chi connectivity index (χ2n) is 4.04. The van der Waals surface area contributed by atoms with Crippen LogP contribution in [0.4, 0.5) is 0 Å². The van der Waals surface area contributed by atoms with Gasteiger partial charge in [-0.3, -0.25) is 0 Å². The second kappa shape index (κ2) is 3.80. The smallest absolute Gasteiger partial charge is 0.0406 e. The SMILES string of the molecule is Clc1ccc(C2C=CC3=CC=CC3=C2)cc1. The van der Waals surface area contributed by atoms with Crippen LogP contribution in [0, 0.1) is 0 Å². The van der Waals surface area contributed by atoms with Crippen LogP contribution in [0.15, 0.2) is 71.9 Å². The van der Waals surface area contributed by atoms with E-state index in [0.29, 0.717) is 5.92 Å². The van der Waals surface area contributed by atoms with E-state index in [4.69, 9.17) is 11.6 Å². The van der Waals surface area contributed by atoms with Crippen LogP contribution in [0.25, 0.3) is 0 Å². The molecule has 2 aliphatic rings. The molecule has 0 saturated carbocycles. The predicted octanol–water partition coefficient (Wildman–Crippen LogP) is 4.42. The Morgan fingerprint density at radius 2 is 1.75 bits per heavy atom. The summed E-state index contributed by atoms with van der Waals surface area (Å²) < 4.78 is 0. The molecule has 3 rings (SSSR count). The van der Waals surface area contributed by atoms with E-state index in [1.54, 1.807) is 0 Å². The molecule has 0 aromatic heterocycles. The van der Waals surface area contributed by atoms with Crippen LogP contribution in [0.5, 0.6) is 0 Å². The van der Waals surface area contributed by atoms with Crippen molar-refractivity contribution in [3.63, 3.8) is 0 Å². The molecule has 1 unspecified atom stereocenters. The van der Waals surface area contributed by atoms with Crippen molar-refractivity contribution in [2.75, 3.05) is 0 Å². The molecule has 0 fully saturated rings. The van der Waals surface area contributed by atoms with Crippen molar-refractivity contribution in [1.29, 1.82) is 0 Å². The molecule has 0 amide bonds. The van der Waals surface area contributed by atoms with Crippen LogP contribution in [-0.2, 0) is 0 Å². The number of rotatable bonds is 1. The van der Waals surface area contributed by atoms with E-state index in [2.05, 4.69) is 48.6 Å². The van der Waals surface area contributed by atoms with Gasteiger partial charge in [0, 0.05) is 10.9 Å². The second-order valence-corrected chi connectivity index (χ2v) is 4.48. The zero-order valence-electron chi connectivity index (χ0n) is 8.73. The van der Waals surface area contributed by atoms with E-state index in [1.165, 1.54) is 16.7 Å². The molecule has 0 saturated heterocycles. The van der Waals surface area contributed by atoms with Gasteiger partial charge >= 0.3 is 0 Å². The quantitative estimate of drug-likeness (QED) is 0.665. The number of halogens is 1. The van der Waals surface area contributed by atoms with Crippen LogP contribution >= 0.6 is 11.6 Å². The molecule has 1 aromatic rings. The Bertz CT molecular complexity index is 527. The highest BCUT2D eigenvalue weighted by Gasteiger charge is 2.13. The van der Waals surface area contributed by atoms with Crippen LogP contribution in [0.1, 0.15) is 11.5 Å². The zero-order valence-corrected chi connectivity index (χ0v) is 9.48. The average Bonchev–Trinajstić information content (AvgIpc) is 2.77. The van der Waals surface area contributed by atoms with Gasteiger partial charge in [-0.2, -0.15) is 0 Å². The summed E-state index contributed by atoms with van der Waals surface area (Å²) in [6.07, 6.45) is 13.1. The highest BCUT2D eigenvalue weighted by Crippen LogP contribution is 2.32. The maximum absolute atomic E-state index is 5.89. The van der Waals surface area contributed by atoms with Gasteiger partial charge in [0.1, 0.15) is 0 Å². The molecule has 0 radical (unpaired) electrons. The summed E-state index contributed by atoms with van der Waals surface area (Å²) in [4.78, 5) is 0. The molecular weight excluding hydrogens is 216 g/mol. The molecule has 1 aromatic carbocycles. The largest absolute Gasteiger partial charge is 0.0843 e. The lowest BCUT2D eigenvalue weighted by atomic mass is 9.90. The van der Waals surface area contributed by atoms with E-state index in [9.17, 15) is 0 Å². The van der Waals surface area contributed by atoms with E-state index in [1.807, 2.05) is 12.1 Å². The lowest BCUT2D eigenvalue weighted by Gasteiger charge is -2.15. The minimum Gasteiger partial charge on any atom is -0.0843 e. The van der Waals surface area contributed by atoms with Gasteiger partial charge in [0.25, 0.3) is 0 Å². The average molecular weight is 227 g/mol. The first-order valence-electron chi connectivity index (χ1n) is 5.37. The summed E-state index contributed by atoms with van der Waals surface area (Å²) in [5.41, 5.74) is 3.92. The maximum atomic E-state index is 5.89. The van der Waals surface area contributed by atoms with Crippen molar-refractivity contribution < 1.29 is 0 Å². The van der Waals surface area contributed by atoms with Crippen LogP contribution < -0.4 is 0 Å². The van der Waals surface area contributed by atoms with Gasteiger partial charge in [-0.05, 0) is 28.8 Å². The summed E-state index contributed by atoms with van der Waals surface area (Å²) in [6.45, 7) is 0. The third-order valence-electron chi connectivity index (χ3n) is 2.98. The van der Waals surface area contributed by atoms with Crippen LogP contribution in [0.2, 0.25) is 5.02 Å². The minimum absolute atomic E-state index is 0.368. The number of hydrogen-bond acceptors (Lipinski definition) is 0. The molecule has 0 N–H and O–H groups in total. The highest BCUT2D eigenvalue weighted by atomic mass is 35.5. The Hall–Kier alpha value is -1.53. The normalized spacial score (nSPS) is 21.7. The fourth-order valence-corrected chi connectivity index (χ4v) is 2.23. The van der Waals surface area contributed by atoms with Crippen molar-refractivity contribution in [3.8, 4) is 0 Å². The molecule has 2 aliphatic carbocycles. The Kier molecular flexibility index (Phi) is 2.30. The highest BCUT2D eigenvalue weighted by molar-refractivity contribution is 6.30. The summed E-state index contributed by atoms with van der Waals surface area (Å²) in [5, 5.41) is 0.789. The lowest BCUT2D eigenvalue weighted by molar-refractivity contribution is 1.06. The van der Waals surface area contributed by atoms with Crippen LogP contribution in [-0.4, -0.2) is 0 Å². The van der Waals surface area contributed by atoms with Gasteiger partial charge in [0.15, 0.2) is 0 Å². The molecule has 78 valence electrons. The number of fused-ring (bicyclic) bond motifs is 1. The molecule has 1 atom stereocenters. The minimum atomic E-state index is 0.368. The van der Waals surface area contributed by atoms with E-state index in [0.717, 1.165) is 5.02 Å². The monoisotopic (exact) mass is 226 g/mol. The molecule has 0 aliphatic heterocycles. The van der Waals surface area contributed by atoms with E-state index < -0.39 is 0 Å². The standard InChI is InChI=1S/C15H11Cl/c16-15-8-6-12(7-9-15)14-5-4-11-2-1-3-13(11)10-14/h1-10,14H. The summed E-state index contributed by atoms with van der Waals surface area (Å²) in [6, 6.07) is 8.06. The lowest BCUT2D eigenvalue weighted by Crippen LogP contribution is -1.97. The molecular formula is C15H11Cl. The first-order chi connectivity index (χ1) is 7.83. The van der Waals surface area contributed by atoms with Gasteiger partial charge in [0.2, 0.25) is 0 Å². The molecule has 16 heavy (non-hydrogen) atoms. The fraction of sp³-hybridized carbons (Fsp3) is 0.0667. The molecule has 0 nitrogen and oxygen atoms in total. The molecule has 0 spiro atoms. The summed E-state index contributed by atoms with van der Waals surface area (Å²) in [7, 11) is 0. The Morgan fingerprint density at radius 3 is 2.56 bits per heavy atom. The third-order valence-corrected chi connectivity index (χ3v) is 3.23. The van der Waals surface area contributed by atoms with Gasteiger partial charge in [0.05, 0.1) is 0 Å². The summed E-state index contributed by atoms with van der Waals surface area (Å²) in [5.74, 6) is 0.368. The Labute approximate surface area is 100 Å². The number of allylic oxidation sites excluding steroid dienone is 8. The topological polar surface area (TPSA) is 0 Å². The van der Waals surface area contributed by atoms with Gasteiger partial charge < -0.3 is 0 Å². The van der Waals surface area contributed by atoms with Crippen molar-refractivity contribution in [1.82, 2.24) is 0 Å². The van der Waals surface area contributed by atoms with Crippen molar-refractivity contribution >= 4 is 11.6 Å². The fourth-order valence-electron chi connectivity index (χ4n) is 2.10. The predicted molar refractivity (Wildman–Crippen MR) is 68.6 cm³/mol. The van der Waals surface area contributed by atoms with Gasteiger partial charge in [-0.25, -0.2) is 0 Å². The van der Waals surface area contributed by atoms with Gasteiger partial charge in [-0.15, -0.1) is 0 Å². The molecule has 0 heterocycles. The third kappa shape index (κ3) is 1.66. The number of hydrogen-bond donors (Lipinski definition) is 0. The zero-order chi connectivity index (χ0) is 11.0. The number of benzene rings is 1. The maximum Gasteiger partial charge on any atom is 0.0406 e. The van der Waals surface area contributed by atoms with Gasteiger partial charge in [-0.1, -0.05) is 60.2 Å². The van der Waals surface area contributed by atoms with Crippen molar-refractivity contribution in [2.45, 2.75) is 5.92 Å². The van der Waals surface area contributed by atoms with Crippen LogP contribution in [0.3, 0.4) is 0 Å². The molecule has 1 heteroatoms. The Morgan fingerprint density at radius 1 is 0.938 bits per heavy atom.